The molecular formula is C18H19NO3. The summed E-state index contributed by atoms with van der Waals surface area (Å²) >= 11 is 0. The van der Waals surface area contributed by atoms with E-state index in [0.29, 0.717) is 25.6 Å². The van der Waals surface area contributed by atoms with Crippen LogP contribution in [0.3, 0.4) is 0 Å². The van der Waals surface area contributed by atoms with Crippen LogP contribution in [0, 0.1) is 0 Å². The summed E-state index contributed by atoms with van der Waals surface area (Å²) in [6.45, 7) is 1.75. The van der Waals surface area contributed by atoms with Gasteiger partial charge in [-0.25, -0.2) is 4.79 Å². The van der Waals surface area contributed by atoms with E-state index in [1.54, 1.807) is 0 Å². The highest BCUT2D eigenvalue weighted by molar-refractivity contribution is 5.65. The Bertz CT molecular complexity index is 625. The molecule has 3 rings (SSSR count). The van der Waals surface area contributed by atoms with Gasteiger partial charge < -0.3 is 14.7 Å². The fourth-order valence-electron chi connectivity index (χ4n) is 2.78. The third-order valence-electron chi connectivity index (χ3n) is 4.06. The molecule has 2 aromatic rings. The summed E-state index contributed by atoms with van der Waals surface area (Å²) in [5.74, 6) is 1.12. The van der Waals surface area contributed by atoms with E-state index in [4.69, 9.17) is 9.84 Å². The Hall–Kier alpha value is -2.49. The molecule has 0 aromatic heterocycles. The highest BCUT2D eigenvalue weighted by Gasteiger charge is 2.26. The van der Waals surface area contributed by atoms with Crippen LogP contribution in [0.5, 0.6) is 5.75 Å². The number of rotatable bonds is 4. The zero-order valence-electron chi connectivity index (χ0n) is 12.3. The highest BCUT2D eigenvalue weighted by atomic mass is 16.5. The maximum absolute atomic E-state index is 11.0. The second kappa shape index (κ2) is 6.52. The molecule has 1 amide bonds. The lowest BCUT2D eigenvalue weighted by Gasteiger charge is -2.13. The number of nitrogens with zero attached hydrogens (tertiary/aromatic N) is 1. The van der Waals surface area contributed by atoms with Gasteiger partial charge in [-0.1, -0.05) is 42.5 Å². The van der Waals surface area contributed by atoms with E-state index in [1.807, 2.05) is 54.6 Å². The minimum Gasteiger partial charge on any atom is -0.489 e. The first-order valence-electron chi connectivity index (χ1n) is 7.47. The third-order valence-corrected chi connectivity index (χ3v) is 4.06. The highest BCUT2D eigenvalue weighted by Crippen LogP contribution is 2.28. The predicted octanol–water partition coefficient (Wildman–Crippen LogP) is 3.73. The molecule has 1 aliphatic heterocycles. The Kier molecular flexibility index (Phi) is 4.28. The van der Waals surface area contributed by atoms with E-state index in [2.05, 4.69) is 0 Å². The summed E-state index contributed by atoms with van der Waals surface area (Å²) in [6, 6.07) is 18.0. The Morgan fingerprint density at radius 1 is 1.14 bits per heavy atom. The minimum atomic E-state index is -0.828. The van der Waals surface area contributed by atoms with Crippen molar-refractivity contribution in [1.82, 2.24) is 4.90 Å². The molecule has 0 saturated carbocycles. The molecule has 1 atom stereocenters. The Morgan fingerprint density at radius 3 is 2.50 bits per heavy atom. The van der Waals surface area contributed by atoms with E-state index in [0.717, 1.165) is 17.7 Å². The van der Waals surface area contributed by atoms with Gasteiger partial charge in [0.15, 0.2) is 0 Å². The lowest BCUT2D eigenvalue weighted by atomic mass is 9.98. The fourth-order valence-corrected chi connectivity index (χ4v) is 2.78. The van der Waals surface area contributed by atoms with Crippen LogP contribution >= 0.6 is 0 Å². The van der Waals surface area contributed by atoms with Gasteiger partial charge in [0.05, 0.1) is 0 Å². The van der Waals surface area contributed by atoms with Gasteiger partial charge in [-0.15, -0.1) is 0 Å². The first-order chi connectivity index (χ1) is 10.7. The van der Waals surface area contributed by atoms with Gasteiger partial charge in [-0.05, 0) is 29.7 Å². The third kappa shape index (κ3) is 3.39. The van der Waals surface area contributed by atoms with Crippen LogP contribution < -0.4 is 4.74 Å². The van der Waals surface area contributed by atoms with Crippen molar-refractivity contribution in [3.05, 3.63) is 65.7 Å². The van der Waals surface area contributed by atoms with Crippen molar-refractivity contribution in [1.29, 1.82) is 0 Å². The molecule has 4 heteroatoms. The predicted molar refractivity (Wildman–Crippen MR) is 84.2 cm³/mol. The first-order valence-corrected chi connectivity index (χ1v) is 7.47. The van der Waals surface area contributed by atoms with Gasteiger partial charge >= 0.3 is 6.09 Å². The maximum Gasteiger partial charge on any atom is 0.407 e. The average molecular weight is 297 g/mol. The van der Waals surface area contributed by atoms with Crippen molar-refractivity contribution >= 4 is 6.09 Å². The quantitative estimate of drug-likeness (QED) is 0.935. The summed E-state index contributed by atoms with van der Waals surface area (Å²) in [7, 11) is 0. The molecule has 0 radical (unpaired) electrons. The lowest BCUT2D eigenvalue weighted by molar-refractivity contribution is 0.155. The number of hydrogen-bond donors (Lipinski definition) is 1. The molecule has 1 heterocycles. The van der Waals surface area contributed by atoms with E-state index in [9.17, 15) is 4.79 Å². The summed E-state index contributed by atoms with van der Waals surface area (Å²) in [5, 5.41) is 9.01. The van der Waals surface area contributed by atoms with Gasteiger partial charge in [0.25, 0.3) is 0 Å². The van der Waals surface area contributed by atoms with Crippen molar-refractivity contribution in [2.24, 2.45) is 0 Å². The molecule has 1 N–H and O–H groups in total. The molecular weight excluding hydrogens is 278 g/mol. The maximum atomic E-state index is 11.0. The second-order valence-corrected chi connectivity index (χ2v) is 5.56. The van der Waals surface area contributed by atoms with E-state index < -0.39 is 6.09 Å². The van der Waals surface area contributed by atoms with Gasteiger partial charge in [0.1, 0.15) is 12.4 Å². The molecule has 0 aliphatic carbocycles. The van der Waals surface area contributed by atoms with E-state index in [1.165, 1.54) is 10.5 Å². The van der Waals surface area contributed by atoms with Crippen LogP contribution in [-0.4, -0.2) is 29.2 Å². The van der Waals surface area contributed by atoms with Gasteiger partial charge in [-0.3, -0.25) is 0 Å². The van der Waals surface area contributed by atoms with Crippen molar-refractivity contribution in [3.63, 3.8) is 0 Å². The monoisotopic (exact) mass is 297 g/mol. The van der Waals surface area contributed by atoms with Crippen LogP contribution in [0.1, 0.15) is 23.5 Å². The summed E-state index contributed by atoms with van der Waals surface area (Å²) in [4.78, 5) is 12.4. The minimum absolute atomic E-state index is 0.291. The van der Waals surface area contributed by atoms with Crippen molar-refractivity contribution in [2.45, 2.75) is 18.9 Å². The largest absolute Gasteiger partial charge is 0.489 e. The van der Waals surface area contributed by atoms with Gasteiger partial charge in [-0.2, -0.15) is 0 Å². The lowest BCUT2D eigenvalue weighted by Crippen LogP contribution is -2.26. The van der Waals surface area contributed by atoms with Crippen LogP contribution in [-0.2, 0) is 6.61 Å². The van der Waals surface area contributed by atoms with Gasteiger partial charge in [0.2, 0.25) is 0 Å². The van der Waals surface area contributed by atoms with Crippen molar-refractivity contribution in [3.8, 4) is 5.75 Å². The number of ether oxygens (including phenoxy) is 1. The zero-order valence-corrected chi connectivity index (χ0v) is 12.3. The smallest absolute Gasteiger partial charge is 0.407 e. The topological polar surface area (TPSA) is 49.8 Å². The van der Waals surface area contributed by atoms with Crippen molar-refractivity contribution in [2.75, 3.05) is 13.1 Å². The Labute approximate surface area is 130 Å². The molecule has 2 aromatic carbocycles. The van der Waals surface area contributed by atoms with Crippen LogP contribution in [0.15, 0.2) is 54.6 Å². The van der Waals surface area contributed by atoms with E-state index >= 15 is 0 Å². The van der Waals surface area contributed by atoms with E-state index in [-0.39, 0.29) is 0 Å². The second-order valence-electron chi connectivity index (χ2n) is 5.56. The number of likely N-dealkylation sites (tertiary alicyclic amines) is 1. The van der Waals surface area contributed by atoms with Crippen molar-refractivity contribution < 1.29 is 14.6 Å². The summed E-state index contributed by atoms with van der Waals surface area (Å²) < 4.78 is 5.76. The molecule has 22 heavy (non-hydrogen) atoms. The number of benzene rings is 2. The molecule has 0 spiro atoms. The Balaban J connectivity index is 1.58. The molecule has 114 valence electrons. The normalized spacial score (nSPS) is 17.5. The SMILES string of the molecule is O=C(O)N1CCC(c2ccc(OCc3ccccc3)cc2)C1. The molecule has 1 aliphatic rings. The van der Waals surface area contributed by atoms with Crippen LogP contribution in [0.2, 0.25) is 0 Å². The number of carboxylic acid groups (broad SMARTS) is 1. The molecule has 0 bridgehead atoms. The number of carbonyl (C=O) groups is 1. The molecule has 1 saturated heterocycles. The van der Waals surface area contributed by atoms with Crippen LogP contribution in [0.25, 0.3) is 0 Å². The number of amides is 1. The fraction of sp³-hybridized carbons (Fsp3) is 0.278. The first kappa shape index (κ1) is 14.4. The molecule has 4 nitrogen and oxygen atoms in total. The number of hydrogen-bond acceptors (Lipinski definition) is 2. The summed E-state index contributed by atoms with van der Waals surface area (Å²) in [6.07, 6.45) is 0.0570. The Morgan fingerprint density at radius 2 is 1.86 bits per heavy atom. The average Bonchev–Trinajstić information content (AvgIpc) is 3.05. The summed E-state index contributed by atoms with van der Waals surface area (Å²) in [5.41, 5.74) is 2.32. The van der Waals surface area contributed by atoms with Gasteiger partial charge in [0, 0.05) is 19.0 Å². The standard InChI is InChI=1S/C18H19NO3/c20-18(21)19-11-10-16(12-19)15-6-8-17(9-7-15)22-13-14-4-2-1-3-5-14/h1-9,16H,10-13H2,(H,20,21). The van der Waals surface area contributed by atoms with Crippen LogP contribution in [0.4, 0.5) is 4.79 Å². The zero-order chi connectivity index (χ0) is 15.4. The molecule has 1 fully saturated rings. The molecule has 1 unspecified atom stereocenters.